The summed E-state index contributed by atoms with van der Waals surface area (Å²) in [5.74, 6) is -0.128. The van der Waals surface area contributed by atoms with Crippen LogP contribution in [0.1, 0.15) is 24.5 Å². The molecule has 9 heteroatoms. The molecule has 4 aromatic rings. The second-order valence-electron chi connectivity index (χ2n) is 8.49. The summed E-state index contributed by atoms with van der Waals surface area (Å²) in [5.41, 5.74) is 4.96. The molecule has 1 atom stereocenters. The maximum atomic E-state index is 13.2. The summed E-state index contributed by atoms with van der Waals surface area (Å²) in [4.78, 5) is 35.7. The minimum absolute atomic E-state index is 0.132. The minimum atomic E-state index is -0.322. The van der Waals surface area contributed by atoms with E-state index in [1.54, 1.807) is 21.8 Å². The molecule has 2 amide bonds. The van der Waals surface area contributed by atoms with Crippen LogP contribution in [0.3, 0.4) is 0 Å². The molecular formula is C25H24N6O3. The summed E-state index contributed by atoms with van der Waals surface area (Å²) < 4.78 is 7.59. The van der Waals surface area contributed by atoms with Crippen molar-refractivity contribution in [3.05, 3.63) is 66.1 Å². The highest BCUT2D eigenvalue weighted by Crippen LogP contribution is 2.31. The molecule has 172 valence electrons. The van der Waals surface area contributed by atoms with Gasteiger partial charge in [-0.3, -0.25) is 9.59 Å². The lowest BCUT2D eigenvalue weighted by molar-refractivity contribution is -0.121. The van der Waals surface area contributed by atoms with Crippen LogP contribution in [0.5, 0.6) is 5.88 Å². The van der Waals surface area contributed by atoms with E-state index < -0.39 is 0 Å². The van der Waals surface area contributed by atoms with Gasteiger partial charge in [0.2, 0.25) is 11.8 Å². The summed E-state index contributed by atoms with van der Waals surface area (Å²) in [7, 11) is 0. The Kier molecular flexibility index (Phi) is 5.45. The fourth-order valence-electron chi connectivity index (χ4n) is 4.37. The van der Waals surface area contributed by atoms with E-state index >= 15 is 0 Å². The Morgan fingerprint density at radius 1 is 1.15 bits per heavy atom. The number of nitrogens with one attached hydrogen (secondary N) is 1. The van der Waals surface area contributed by atoms with Gasteiger partial charge in [-0.25, -0.2) is 14.6 Å². The lowest BCUT2D eigenvalue weighted by Gasteiger charge is -2.27. The van der Waals surface area contributed by atoms with Crippen molar-refractivity contribution in [1.29, 1.82) is 0 Å². The van der Waals surface area contributed by atoms with Crippen molar-refractivity contribution in [3.8, 4) is 11.6 Å². The molecule has 2 aromatic heterocycles. The molecule has 0 saturated carbocycles. The second-order valence-corrected chi connectivity index (χ2v) is 8.49. The number of carbonyl (C=O) groups excluding carboxylic acids is 2. The number of aryl methyl sites for hydroxylation is 2. The van der Waals surface area contributed by atoms with Gasteiger partial charge in [0.1, 0.15) is 11.7 Å². The zero-order chi connectivity index (χ0) is 23.8. The van der Waals surface area contributed by atoms with E-state index in [1.807, 2.05) is 51.1 Å². The number of fused-ring (bicyclic) bond motifs is 2. The number of carbonyl (C=O) groups is 2. The average Bonchev–Trinajstić information content (AvgIpc) is 3.17. The number of ether oxygens (including phenoxy) is 1. The van der Waals surface area contributed by atoms with E-state index in [2.05, 4.69) is 26.4 Å². The molecule has 0 saturated heterocycles. The van der Waals surface area contributed by atoms with Gasteiger partial charge >= 0.3 is 0 Å². The van der Waals surface area contributed by atoms with Crippen molar-refractivity contribution in [2.75, 3.05) is 16.8 Å². The van der Waals surface area contributed by atoms with Crippen molar-refractivity contribution >= 4 is 34.2 Å². The number of para-hydroxylation sites is 2. The molecule has 0 aliphatic carbocycles. The molecule has 1 N–H and O–H groups in total. The van der Waals surface area contributed by atoms with Crippen LogP contribution >= 0.6 is 0 Å². The first-order valence-corrected chi connectivity index (χ1v) is 11.0. The number of nitrogens with zero attached hydrogens (tertiary/aromatic N) is 5. The Morgan fingerprint density at radius 3 is 2.71 bits per heavy atom. The number of hydrogen-bond donors (Lipinski definition) is 1. The maximum Gasteiger partial charge on any atom is 0.265 e. The van der Waals surface area contributed by atoms with Crippen LogP contribution in [0.15, 0.2) is 55.0 Å². The molecule has 0 spiro atoms. The minimum Gasteiger partial charge on any atom is -0.467 e. The summed E-state index contributed by atoms with van der Waals surface area (Å²) in [6.07, 6.45) is 3.23. The van der Waals surface area contributed by atoms with Gasteiger partial charge in [0.05, 0.1) is 23.3 Å². The third-order valence-corrected chi connectivity index (χ3v) is 5.74. The van der Waals surface area contributed by atoms with E-state index in [1.165, 1.54) is 6.33 Å². The molecule has 3 heterocycles. The van der Waals surface area contributed by atoms with Gasteiger partial charge in [-0.2, -0.15) is 5.10 Å². The number of anilines is 2. The molecule has 0 fully saturated rings. The molecule has 0 bridgehead atoms. The Labute approximate surface area is 196 Å². The van der Waals surface area contributed by atoms with Crippen LogP contribution in [0, 0.1) is 13.8 Å². The van der Waals surface area contributed by atoms with E-state index in [9.17, 15) is 9.59 Å². The predicted molar refractivity (Wildman–Crippen MR) is 128 cm³/mol. The third kappa shape index (κ3) is 3.96. The van der Waals surface area contributed by atoms with Crippen molar-refractivity contribution in [2.45, 2.75) is 33.2 Å². The van der Waals surface area contributed by atoms with Crippen LogP contribution in [-0.2, 0) is 9.59 Å². The van der Waals surface area contributed by atoms with Crippen molar-refractivity contribution in [2.24, 2.45) is 0 Å². The second kappa shape index (κ2) is 8.58. The van der Waals surface area contributed by atoms with Gasteiger partial charge in [0.25, 0.3) is 5.91 Å². The highest BCUT2D eigenvalue weighted by atomic mass is 16.5. The first-order valence-electron chi connectivity index (χ1n) is 11.0. The van der Waals surface area contributed by atoms with Crippen LogP contribution in [0.2, 0.25) is 0 Å². The number of hydrogen-bond acceptors (Lipinski definition) is 6. The fraction of sp³-hybridized carbons (Fsp3) is 0.240. The number of benzene rings is 2. The quantitative estimate of drug-likeness (QED) is 0.504. The van der Waals surface area contributed by atoms with Crippen molar-refractivity contribution in [3.63, 3.8) is 0 Å². The monoisotopic (exact) mass is 456 g/mol. The Bertz CT molecular complexity index is 1390. The van der Waals surface area contributed by atoms with Gasteiger partial charge in [-0.15, -0.1) is 0 Å². The van der Waals surface area contributed by atoms with Gasteiger partial charge in [0.15, 0.2) is 12.3 Å². The molecule has 1 aliphatic heterocycles. The van der Waals surface area contributed by atoms with Gasteiger partial charge in [-0.1, -0.05) is 18.2 Å². The van der Waals surface area contributed by atoms with Crippen LogP contribution in [0.25, 0.3) is 16.7 Å². The van der Waals surface area contributed by atoms with E-state index in [0.717, 1.165) is 16.8 Å². The lowest BCUT2D eigenvalue weighted by atomic mass is 10.1. The van der Waals surface area contributed by atoms with Gasteiger partial charge in [0, 0.05) is 12.5 Å². The van der Waals surface area contributed by atoms with E-state index in [0.29, 0.717) is 22.4 Å². The standard InChI is InChI=1S/C25H24N6O3/c1-15-8-16(2)10-18(9-15)31-24-19(12-28-31)25(27-14-26-24)34-13-23(33)30-17(3)11-22(32)29-20-6-4-5-7-21(20)30/h4-10,12,14,17H,11,13H2,1-3H3,(H,29,32). The molecule has 0 radical (unpaired) electrons. The third-order valence-electron chi connectivity index (χ3n) is 5.74. The molecule has 1 unspecified atom stereocenters. The summed E-state index contributed by atoms with van der Waals surface area (Å²) in [6, 6.07) is 13.1. The molecule has 1 aliphatic rings. The van der Waals surface area contributed by atoms with Crippen LogP contribution in [-0.4, -0.2) is 44.2 Å². The Balaban J connectivity index is 1.42. The molecular weight excluding hydrogens is 432 g/mol. The summed E-state index contributed by atoms with van der Waals surface area (Å²) >= 11 is 0. The van der Waals surface area contributed by atoms with Crippen LogP contribution in [0.4, 0.5) is 11.4 Å². The summed E-state index contributed by atoms with van der Waals surface area (Å²) in [5, 5.41) is 7.94. The zero-order valence-corrected chi connectivity index (χ0v) is 19.1. The molecule has 9 nitrogen and oxygen atoms in total. The number of aromatic nitrogens is 4. The number of amides is 2. The van der Waals surface area contributed by atoms with E-state index in [-0.39, 0.29) is 36.8 Å². The average molecular weight is 457 g/mol. The van der Waals surface area contributed by atoms with Crippen molar-refractivity contribution < 1.29 is 14.3 Å². The smallest absolute Gasteiger partial charge is 0.265 e. The topological polar surface area (TPSA) is 102 Å². The fourth-order valence-corrected chi connectivity index (χ4v) is 4.37. The van der Waals surface area contributed by atoms with Crippen LogP contribution < -0.4 is 15.0 Å². The maximum absolute atomic E-state index is 13.2. The largest absolute Gasteiger partial charge is 0.467 e. The number of rotatable bonds is 4. The SMILES string of the molecule is Cc1cc(C)cc(-n2ncc3c(OCC(=O)N4c5ccccc5NC(=O)CC4C)ncnc32)c1. The highest BCUT2D eigenvalue weighted by molar-refractivity contribution is 6.04. The lowest BCUT2D eigenvalue weighted by Crippen LogP contribution is -2.41. The Hall–Kier alpha value is -4.27. The first-order chi connectivity index (χ1) is 16.4. The predicted octanol–water partition coefficient (Wildman–Crippen LogP) is 3.58. The molecule has 5 rings (SSSR count). The van der Waals surface area contributed by atoms with Gasteiger partial charge in [-0.05, 0) is 56.2 Å². The Morgan fingerprint density at radius 2 is 1.91 bits per heavy atom. The zero-order valence-electron chi connectivity index (χ0n) is 19.1. The van der Waals surface area contributed by atoms with E-state index in [4.69, 9.17) is 4.74 Å². The normalized spacial score (nSPS) is 15.6. The van der Waals surface area contributed by atoms with Gasteiger partial charge < -0.3 is 15.0 Å². The molecule has 2 aromatic carbocycles. The molecule has 34 heavy (non-hydrogen) atoms. The highest BCUT2D eigenvalue weighted by Gasteiger charge is 2.30. The first kappa shape index (κ1) is 21.6. The summed E-state index contributed by atoms with van der Waals surface area (Å²) in [6.45, 7) is 5.66. The van der Waals surface area contributed by atoms with Crippen molar-refractivity contribution in [1.82, 2.24) is 19.7 Å².